The summed E-state index contributed by atoms with van der Waals surface area (Å²) < 4.78 is 11.1. The van der Waals surface area contributed by atoms with Crippen molar-refractivity contribution in [1.29, 1.82) is 0 Å². The zero-order valence-corrected chi connectivity index (χ0v) is 13.2. The summed E-state index contributed by atoms with van der Waals surface area (Å²) >= 11 is 0. The first-order chi connectivity index (χ1) is 10.4. The quantitative estimate of drug-likeness (QED) is 0.645. The number of nitrogen functional groups attached to an aromatic ring is 1. The maximum absolute atomic E-state index is 12.0. The molecule has 0 aliphatic carbocycles. The third-order valence-electron chi connectivity index (χ3n) is 3.14. The number of anilines is 1. The van der Waals surface area contributed by atoms with Crippen LogP contribution in [0.4, 0.5) is 10.6 Å². The number of amides is 1. The summed E-state index contributed by atoms with van der Waals surface area (Å²) in [6, 6.07) is 0. The summed E-state index contributed by atoms with van der Waals surface area (Å²) in [4.78, 5) is 21.8. The molecule has 0 saturated carbocycles. The summed E-state index contributed by atoms with van der Waals surface area (Å²) in [7, 11) is 0. The molecular formula is C14H23N5O3. The number of likely N-dealkylation sites (tertiary alicyclic amines) is 1. The Morgan fingerprint density at radius 2 is 2.05 bits per heavy atom. The van der Waals surface area contributed by atoms with Crippen molar-refractivity contribution in [2.45, 2.75) is 45.3 Å². The molecule has 1 saturated heterocycles. The highest BCUT2D eigenvalue weighted by Crippen LogP contribution is 2.19. The molecule has 2 heterocycles. The van der Waals surface area contributed by atoms with Crippen LogP contribution < -0.4 is 16.0 Å². The number of carbonyl (C=O) groups excluding carboxylic acids is 1. The predicted octanol–water partition coefficient (Wildman–Crippen LogP) is 1.54. The Bertz CT molecular complexity index is 509. The molecule has 1 fully saturated rings. The minimum atomic E-state index is -0.477. The van der Waals surface area contributed by atoms with E-state index in [1.165, 1.54) is 6.20 Å². The third-order valence-corrected chi connectivity index (χ3v) is 3.14. The van der Waals surface area contributed by atoms with E-state index >= 15 is 0 Å². The van der Waals surface area contributed by atoms with E-state index in [2.05, 4.69) is 15.4 Å². The van der Waals surface area contributed by atoms with Gasteiger partial charge in [0.1, 0.15) is 11.7 Å². The fraction of sp³-hybridized carbons (Fsp3) is 0.643. The number of hydrogen-bond donors (Lipinski definition) is 2. The average Bonchev–Trinajstić information content (AvgIpc) is 2.46. The molecule has 8 heteroatoms. The van der Waals surface area contributed by atoms with Gasteiger partial charge in [0.15, 0.2) is 5.82 Å². The van der Waals surface area contributed by atoms with Crippen LogP contribution in [0, 0.1) is 0 Å². The van der Waals surface area contributed by atoms with E-state index in [4.69, 9.17) is 15.3 Å². The fourth-order valence-corrected chi connectivity index (χ4v) is 2.13. The van der Waals surface area contributed by atoms with Crippen molar-refractivity contribution in [1.82, 2.24) is 14.9 Å². The Hall–Kier alpha value is -2.09. The average molecular weight is 309 g/mol. The molecule has 0 spiro atoms. The van der Waals surface area contributed by atoms with Gasteiger partial charge in [0.2, 0.25) is 5.88 Å². The molecule has 0 atom stereocenters. The lowest BCUT2D eigenvalue weighted by Crippen LogP contribution is -2.44. The summed E-state index contributed by atoms with van der Waals surface area (Å²) in [5, 5.41) is 0. The molecule has 0 bridgehead atoms. The minimum absolute atomic E-state index is 0.000936. The maximum Gasteiger partial charge on any atom is 0.410 e. The lowest BCUT2D eigenvalue weighted by Gasteiger charge is -2.33. The van der Waals surface area contributed by atoms with E-state index in [-0.39, 0.29) is 12.2 Å². The van der Waals surface area contributed by atoms with E-state index in [0.717, 1.165) is 12.8 Å². The van der Waals surface area contributed by atoms with Gasteiger partial charge in [-0.1, -0.05) is 0 Å². The second kappa shape index (κ2) is 6.78. The second-order valence-electron chi connectivity index (χ2n) is 6.17. The molecule has 1 aromatic heterocycles. The SMILES string of the molecule is CC(C)(C)OC(=O)N1CCC(Oc2cncc(NN)n2)CC1. The van der Waals surface area contributed by atoms with E-state index in [0.29, 0.717) is 24.8 Å². The van der Waals surface area contributed by atoms with Gasteiger partial charge in [-0.25, -0.2) is 10.6 Å². The van der Waals surface area contributed by atoms with Crippen molar-refractivity contribution in [2.75, 3.05) is 18.5 Å². The van der Waals surface area contributed by atoms with Crippen LogP contribution in [-0.4, -0.2) is 45.8 Å². The summed E-state index contributed by atoms with van der Waals surface area (Å²) in [5.41, 5.74) is 1.95. The van der Waals surface area contributed by atoms with E-state index in [1.807, 2.05) is 20.8 Å². The molecule has 1 aliphatic heterocycles. The van der Waals surface area contributed by atoms with Crippen LogP contribution in [0.15, 0.2) is 12.4 Å². The Balaban J connectivity index is 1.83. The van der Waals surface area contributed by atoms with Crippen molar-refractivity contribution in [3.8, 4) is 5.88 Å². The number of rotatable bonds is 3. The van der Waals surface area contributed by atoms with Crippen LogP contribution in [0.5, 0.6) is 5.88 Å². The molecular weight excluding hydrogens is 286 g/mol. The molecule has 0 unspecified atom stereocenters. The van der Waals surface area contributed by atoms with Crippen molar-refractivity contribution < 1.29 is 14.3 Å². The van der Waals surface area contributed by atoms with Gasteiger partial charge < -0.3 is 19.8 Å². The fourth-order valence-electron chi connectivity index (χ4n) is 2.13. The molecule has 0 radical (unpaired) electrons. The van der Waals surface area contributed by atoms with Crippen LogP contribution >= 0.6 is 0 Å². The van der Waals surface area contributed by atoms with Crippen LogP contribution in [0.2, 0.25) is 0 Å². The number of nitrogens with two attached hydrogens (primary N) is 1. The Morgan fingerprint density at radius 3 is 2.64 bits per heavy atom. The molecule has 3 N–H and O–H groups in total. The van der Waals surface area contributed by atoms with Crippen LogP contribution in [-0.2, 0) is 4.74 Å². The van der Waals surface area contributed by atoms with Gasteiger partial charge in [-0.2, -0.15) is 4.98 Å². The van der Waals surface area contributed by atoms with Gasteiger partial charge in [-0.15, -0.1) is 0 Å². The highest BCUT2D eigenvalue weighted by atomic mass is 16.6. The lowest BCUT2D eigenvalue weighted by atomic mass is 10.1. The molecule has 8 nitrogen and oxygen atoms in total. The number of nitrogens with one attached hydrogen (secondary N) is 1. The molecule has 1 amide bonds. The Morgan fingerprint density at radius 1 is 1.36 bits per heavy atom. The number of carbonyl (C=O) groups is 1. The van der Waals surface area contributed by atoms with Crippen molar-refractivity contribution in [3.05, 3.63) is 12.4 Å². The van der Waals surface area contributed by atoms with E-state index in [9.17, 15) is 4.79 Å². The number of hydrazine groups is 1. The second-order valence-corrected chi connectivity index (χ2v) is 6.17. The monoisotopic (exact) mass is 309 g/mol. The van der Waals surface area contributed by atoms with Crippen molar-refractivity contribution in [3.63, 3.8) is 0 Å². The van der Waals surface area contributed by atoms with Crippen molar-refractivity contribution >= 4 is 11.9 Å². The van der Waals surface area contributed by atoms with Gasteiger partial charge >= 0.3 is 6.09 Å². The first-order valence-corrected chi connectivity index (χ1v) is 7.30. The first-order valence-electron chi connectivity index (χ1n) is 7.30. The zero-order valence-electron chi connectivity index (χ0n) is 13.2. The van der Waals surface area contributed by atoms with E-state index in [1.54, 1.807) is 11.1 Å². The zero-order chi connectivity index (χ0) is 16.2. The lowest BCUT2D eigenvalue weighted by molar-refractivity contribution is 0.0123. The standard InChI is InChI=1S/C14H23N5O3/c1-14(2,3)22-13(20)19-6-4-10(5-7-19)21-12-9-16-8-11(17-12)18-15/h8-10H,4-7,15H2,1-3H3,(H,17,18). The third kappa shape index (κ3) is 4.73. The number of aromatic nitrogens is 2. The van der Waals surface area contributed by atoms with Gasteiger partial charge in [0.25, 0.3) is 0 Å². The van der Waals surface area contributed by atoms with Crippen LogP contribution in [0.25, 0.3) is 0 Å². The first kappa shape index (κ1) is 16.3. The highest BCUT2D eigenvalue weighted by molar-refractivity contribution is 5.68. The largest absolute Gasteiger partial charge is 0.473 e. The Kier molecular flexibility index (Phi) is 5.02. The van der Waals surface area contributed by atoms with Gasteiger partial charge in [0, 0.05) is 25.9 Å². The number of hydrogen-bond acceptors (Lipinski definition) is 7. The summed E-state index contributed by atoms with van der Waals surface area (Å²) in [5.74, 6) is 6.16. The van der Waals surface area contributed by atoms with Gasteiger partial charge in [-0.05, 0) is 20.8 Å². The van der Waals surface area contributed by atoms with Crippen LogP contribution in [0.1, 0.15) is 33.6 Å². The smallest absolute Gasteiger partial charge is 0.410 e. The van der Waals surface area contributed by atoms with Gasteiger partial charge in [0.05, 0.1) is 12.4 Å². The molecule has 0 aromatic carbocycles. The summed E-state index contributed by atoms with van der Waals surface area (Å²) in [6.07, 6.45) is 4.22. The molecule has 1 aromatic rings. The maximum atomic E-state index is 12.0. The van der Waals surface area contributed by atoms with E-state index < -0.39 is 5.60 Å². The number of piperidine rings is 1. The minimum Gasteiger partial charge on any atom is -0.473 e. The molecule has 1 aliphatic rings. The Labute approximate surface area is 130 Å². The van der Waals surface area contributed by atoms with Gasteiger partial charge in [-0.3, -0.25) is 4.98 Å². The topological polar surface area (TPSA) is 103 Å². The number of ether oxygens (including phenoxy) is 2. The predicted molar refractivity (Wildman–Crippen MR) is 81.3 cm³/mol. The van der Waals surface area contributed by atoms with Crippen molar-refractivity contribution in [2.24, 2.45) is 5.84 Å². The van der Waals surface area contributed by atoms with Crippen LogP contribution in [0.3, 0.4) is 0 Å². The number of nitrogens with zero attached hydrogens (tertiary/aromatic N) is 3. The molecule has 22 heavy (non-hydrogen) atoms. The summed E-state index contributed by atoms with van der Waals surface area (Å²) in [6.45, 7) is 6.78. The highest BCUT2D eigenvalue weighted by Gasteiger charge is 2.27. The normalized spacial score (nSPS) is 16.3. The molecule has 122 valence electrons. The molecule has 2 rings (SSSR count).